The van der Waals surface area contributed by atoms with E-state index in [9.17, 15) is 5.11 Å². The molecule has 1 rings (SSSR count). The minimum absolute atomic E-state index is 0.427. The molecule has 0 amide bonds. The second-order valence-electron chi connectivity index (χ2n) is 2.85. The van der Waals surface area contributed by atoms with Crippen molar-refractivity contribution in [1.82, 2.24) is 4.98 Å². The lowest BCUT2D eigenvalue weighted by molar-refractivity contribution is 0.165. The summed E-state index contributed by atoms with van der Waals surface area (Å²) in [6, 6.07) is 1.78. The number of aliphatic hydroxyl groups is 1. The Morgan fingerprint density at radius 3 is 3.00 bits per heavy atom. The third-order valence-electron chi connectivity index (χ3n) is 1.84. The Morgan fingerprint density at radius 2 is 2.43 bits per heavy atom. The molecule has 0 unspecified atom stereocenters. The average Bonchev–Trinajstić information content (AvgIpc) is 2.18. The Morgan fingerprint density at radius 1 is 1.71 bits per heavy atom. The number of nitrogens with two attached hydrogens (primary N) is 1. The molecule has 0 spiro atoms. The van der Waals surface area contributed by atoms with Crippen molar-refractivity contribution in [1.29, 1.82) is 0 Å². The predicted octanol–water partition coefficient (Wildman–Crippen LogP) is 1.23. The summed E-state index contributed by atoms with van der Waals surface area (Å²) in [5.41, 5.74) is 6.02. The molecule has 0 aromatic carbocycles. The third kappa shape index (κ3) is 2.67. The maximum atomic E-state index is 9.74. The molecule has 78 valence electrons. The number of hydrogen-bond donors (Lipinski definition) is 2. The Hall–Kier alpha value is -0.650. The van der Waals surface area contributed by atoms with Gasteiger partial charge in [0.2, 0.25) is 5.88 Å². The Bertz CT molecular complexity index is 307. The average molecular weight is 261 g/mol. The summed E-state index contributed by atoms with van der Waals surface area (Å²) in [7, 11) is 1.52. The zero-order chi connectivity index (χ0) is 10.6. The van der Waals surface area contributed by atoms with E-state index in [0.29, 0.717) is 24.4 Å². The van der Waals surface area contributed by atoms with Gasteiger partial charge in [-0.15, -0.1) is 0 Å². The Balaban J connectivity index is 2.97. The summed E-state index contributed by atoms with van der Waals surface area (Å²) in [5.74, 6) is 0.439. The molecule has 4 nitrogen and oxygen atoms in total. The van der Waals surface area contributed by atoms with Crippen molar-refractivity contribution >= 4 is 15.9 Å². The van der Waals surface area contributed by atoms with Crippen molar-refractivity contribution in [2.75, 3.05) is 13.7 Å². The van der Waals surface area contributed by atoms with Crippen molar-refractivity contribution < 1.29 is 9.84 Å². The van der Waals surface area contributed by atoms with Crippen molar-refractivity contribution in [3.8, 4) is 5.88 Å². The Labute approximate surface area is 91.2 Å². The maximum Gasteiger partial charge on any atom is 0.218 e. The van der Waals surface area contributed by atoms with E-state index in [1.807, 2.05) is 0 Å². The van der Waals surface area contributed by atoms with Crippen LogP contribution in [-0.2, 0) is 0 Å². The van der Waals surface area contributed by atoms with E-state index in [4.69, 9.17) is 10.5 Å². The van der Waals surface area contributed by atoms with E-state index < -0.39 is 6.10 Å². The van der Waals surface area contributed by atoms with Crippen molar-refractivity contribution in [3.63, 3.8) is 0 Å². The number of ether oxygens (including phenoxy) is 1. The van der Waals surface area contributed by atoms with Crippen LogP contribution in [0.15, 0.2) is 16.7 Å². The van der Waals surface area contributed by atoms with Crippen molar-refractivity contribution in [2.45, 2.75) is 12.5 Å². The van der Waals surface area contributed by atoms with E-state index in [2.05, 4.69) is 20.9 Å². The maximum absolute atomic E-state index is 9.74. The zero-order valence-corrected chi connectivity index (χ0v) is 9.49. The third-order valence-corrected chi connectivity index (χ3v) is 2.27. The van der Waals surface area contributed by atoms with Crippen LogP contribution < -0.4 is 10.5 Å². The number of methoxy groups -OCH3 is 1. The summed E-state index contributed by atoms with van der Waals surface area (Å²) < 4.78 is 5.84. The summed E-state index contributed by atoms with van der Waals surface area (Å²) in [5, 5.41) is 9.74. The molecule has 0 saturated heterocycles. The lowest BCUT2D eigenvalue weighted by atomic mass is 10.1. The summed E-state index contributed by atoms with van der Waals surface area (Å²) >= 11 is 3.28. The molecule has 0 aliphatic rings. The lowest BCUT2D eigenvalue weighted by Gasteiger charge is -2.12. The summed E-state index contributed by atoms with van der Waals surface area (Å²) in [6.07, 6.45) is 1.49. The molecule has 3 N–H and O–H groups in total. The second-order valence-corrected chi connectivity index (χ2v) is 3.76. The van der Waals surface area contributed by atoms with Gasteiger partial charge in [0, 0.05) is 16.2 Å². The van der Waals surface area contributed by atoms with Gasteiger partial charge >= 0.3 is 0 Å². The first-order valence-electron chi connectivity index (χ1n) is 4.26. The molecule has 1 aromatic rings. The van der Waals surface area contributed by atoms with Gasteiger partial charge in [-0.25, -0.2) is 4.98 Å². The topological polar surface area (TPSA) is 68.4 Å². The van der Waals surface area contributed by atoms with Gasteiger partial charge in [-0.2, -0.15) is 0 Å². The van der Waals surface area contributed by atoms with Crippen LogP contribution in [0.5, 0.6) is 5.88 Å². The smallest absolute Gasteiger partial charge is 0.218 e. The lowest BCUT2D eigenvalue weighted by Crippen LogP contribution is -2.08. The number of halogens is 1. The van der Waals surface area contributed by atoms with Crippen LogP contribution in [0.1, 0.15) is 18.1 Å². The van der Waals surface area contributed by atoms with Crippen LogP contribution in [0.4, 0.5) is 0 Å². The molecule has 0 fully saturated rings. The van der Waals surface area contributed by atoms with Gasteiger partial charge in [0.05, 0.1) is 13.2 Å². The van der Waals surface area contributed by atoms with E-state index in [-0.39, 0.29) is 0 Å². The van der Waals surface area contributed by atoms with Gasteiger partial charge in [0.15, 0.2) is 0 Å². The molecule has 0 aliphatic heterocycles. The Kier molecular flexibility index (Phi) is 4.31. The molecule has 14 heavy (non-hydrogen) atoms. The largest absolute Gasteiger partial charge is 0.481 e. The number of nitrogens with zero attached hydrogens (tertiary/aromatic N) is 1. The minimum atomic E-state index is -0.625. The molecule has 1 aromatic heterocycles. The summed E-state index contributed by atoms with van der Waals surface area (Å²) in [6.45, 7) is 0.427. The molecule has 0 bridgehead atoms. The molecule has 0 saturated carbocycles. The molecular formula is C9H13BrN2O2. The zero-order valence-electron chi connectivity index (χ0n) is 7.90. The van der Waals surface area contributed by atoms with Crippen LogP contribution in [0.3, 0.4) is 0 Å². The highest BCUT2D eigenvalue weighted by atomic mass is 79.9. The van der Waals surface area contributed by atoms with Gasteiger partial charge in [-0.05, 0) is 35.0 Å². The highest BCUT2D eigenvalue weighted by Gasteiger charge is 2.13. The molecule has 1 heterocycles. The van der Waals surface area contributed by atoms with Crippen LogP contribution in [0.2, 0.25) is 0 Å². The molecular weight excluding hydrogens is 248 g/mol. The summed E-state index contributed by atoms with van der Waals surface area (Å²) in [4.78, 5) is 4.03. The quantitative estimate of drug-likeness (QED) is 0.855. The number of hydrogen-bond acceptors (Lipinski definition) is 4. The fourth-order valence-electron chi connectivity index (χ4n) is 1.17. The fourth-order valence-corrected chi connectivity index (χ4v) is 1.51. The van der Waals surface area contributed by atoms with E-state index in [1.165, 1.54) is 7.11 Å². The van der Waals surface area contributed by atoms with E-state index in [0.717, 1.165) is 4.47 Å². The first-order valence-corrected chi connectivity index (χ1v) is 5.06. The standard InChI is InChI=1S/C9H13BrN2O2/c1-14-9-7(8(13)2-3-11)4-6(10)5-12-9/h4-5,8,13H,2-3,11H2,1H3/t8-/m0/s1. The van der Waals surface area contributed by atoms with Gasteiger partial charge in [-0.3, -0.25) is 0 Å². The van der Waals surface area contributed by atoms with Crippen LogP contribution in [-0.4, -0.2) is 23.7 Å². The first-order chi connectivity index (χ1) is 6.69. The normalized spacial score (nSPS) is 12.6. The van der Waals surface area contributed by atoms with Gasteiger partial charge in [-0.1, -0.05) is 0 Å². The van der Waals surface area contributed by atoms with E-state index in [1.54, 1.807) is 12.3 Å². The molecule has 1 atom stereocenters. The van der Waals surface area contributed by atoms with Crippen molar-refractivity contribution in [3.05, 3.63) is 22.3 Å². The van der Waals surface area contributed by atoms with Gasteiger partial charge < -0.3 is 15.6 Å². The molecule has 0 radical (unpaired) electrons. The monoisotopic (exact) mass is 260 g/mol. The highest BCUT2D eigenvalue weighted by molar-refractivity contribution is 9.10. The second kappa shape index (κ2) is 5.29. The molecule has 0 aliphatic carbocycles. The van der Waals surface area contributed by atoms with Gasteiger partial charge in [0.1, 0.15) is 0 Å². The SMILES string of the molecule is COc1ncc(Br)cc1[C@@H](O)CCN. The van der Waals surface area contributed by atoms with Crippen LogP contribution in [0, 0.1) is 0 Å². The molecule has 5 heteroatoms. The number of pyridine rings is 1. The van der Waals surface area contributed by atoms with Gasteiger partial charge in [0.25, 0.3) is 0 Å². The number of rotatable bonds is 4. The first kappa shape index (κ1) is 11.4. The van der Waals surface area contributed by atoms with Crippen molar-refractivity contribution in [2.24, 2.45) is 5.73 Å². The van der Waals surface area contributed by atoms with Crippen LogP contribution >= 0.6 is 15.9 Å². The number of aromatic nitrogens is 1. The highest BCUT2D eigenvalue weighted by Crippen LogP contribution is 2.27. The van der Waals surface area contributed by atoms with Crippen LogP contribution in [0.25, 0.3) is 0 Å². The minimum Gasteiger partial charge on any atom is -0.481 e. The predicted molar refractivity (Wildman–Crippen MR) is 57.1 cm³/mol. The van der Waals surface area contributed by atoms with E-state index >= 15 is 0 Å². The number of aliphatic hydroxyl groups excluding tert-OH is 1. The fraction of sp³-hybridized carbons (Fsp3) is 0.444.